The second-order valence-electron chi connectivity index (χ2n) is 5.33. The highest BCUT2D eigenvalue weighted by atomic mass is 19.1. The molecule has 1 aromatic carbocycles. The number of rotatable bonds is 7. The van der Waals surface area contributed by atoms with Crippen molar-refractivity contribution in [2.24, 2.45) is 0 Å². The molecule has 134 valence electrons. The van der Waals surface area contributed by atoms with Gasteiger partial charge < -0.3 is 20.1 Å². The normalized spacial score (nSPS) is 10.3. The van der Waals surface area contributed by atoms with Gasteiger partial charge in [0.2, 0.25) is 0 Å². The zero-order chi connectivity index (χ0) is 18.4. The standard InChI is InChI=1S/C18H22FN3O3/c1-5-20-17-15(19)10-14(18(23)25-6-2)16(22-17)21-12-7-11(3)8-13(9-12)24-4/h7-10H,5-6H2,1-4H3,(H2,20,21,22). The van der Waals surface area contributed by atoms with Gasteiger partial charge in [0.05, 0.1) is 13.7 Å². The van der Waals surface area contributed by atoms with Crippen LogP contribution < -0.4 is 15.4 Å². The van der Waals surface area contributed by atoms with E-state index in [-0.39, 0.29) is 23.8 Å². The van der Waals surface area contributed by atoms with E-state index >= 15 is 0 Å². The molecule has 1 aromatic heterocycles. The minimum absolute atomic E-state index is 0.0291. The van der Waals surface area contributed by atoms with Crippen molar-refractivity contribution in [3.8, 4) is 5.75 Å². The lowest BCUT2D eigenvalue weighted by Crippen LogP contribution is -2.13. The third-order valence-corrected chi connectivity index (χ3v) is 3.36. The zero-order valence-electron chi connectivity index (χ0n) is 14.8. The summed E-state index contributed by atoms with van der Waals surface area (Å²) in [4.78, 5) is 16.4. The van der Waals surface area contributed by atoms with Crippen molar-refractivity contribution in [1.29, 1.82) is 0 Å². The van der Waals surface area contributed by atoms with E-state index in [0.717, 1.165) is 11.6 Å². The smallest absolute Gasteiger partial charge is 0.342 e. The van der Waals surface area contributed by atoms with E-state index in [9.17, 15) is 9.18 Å². The highest BCUT2D eigenvalue weighted by Crippen LogP contribution is 2.27. The Bertz CT molecular complexity index is 765. The van der Waals surface area contributed by atoms with Crippen molar-refractivity contribution in [3.63, 3.8) is 0 Å². The Kier molecular flexibility index (Phi) is 6.16. The van der Waals surface area contributed by atoms with Crippen molar-refractivity contribution >= 4 is 23.3 Å². The van der Waals surface area contributed by atoms with Gasteiger partial charge in [0, 0.05) is 18.3 Å². The SMILES string of the molecule is CCNc1nc(Nc2cc(C)cc(OC)c2)c(C(=O)OCC)cc1F. The quantitative estimate of drug-likeness (QED) is 0.741. The summed E-state index contributed by atoms with van der Waals surface area (Å²) in [6.07, 6.45) is 0. The van der Waals surface area contributed by atoms with Crippen molar-refractivity contribution in [1.82, 2.24) is 4.98 Å². The number of methoxy groups -OCH3 is 1. The predicted molar refractivity (Wildman–Crippen MR) is 95.3 cm³/mol. The Morgan fingerprint density at radius 2 is 1.96 bits per heavy atom. The Morgan fingerprint density at radius 1 is 1.20 bits per heavy atom. The summed E-state index contributed by atoms with van der Waals surface area (Å²) in [7, 11) is 1.57. The van der Waals surface area contributed by atoms with Gasteiger partial charge in [-0.2, -0.15) is 0 Å². The number of nitrogens with one attached hydrogen (secondary N) is 2. The topological polar surface area (TPSA) is 72.5 Å². The van der Waals surface area contributed by atoms with Gasteiger partial charge in [-0.3, -0.25) is 0 Å². The molecule has 2 rings (SSSR count). The Hall–Kier alpha value is -2.83. The lowest BCUT2D eigenvalue weighted by molar-refractivity contribution is 0.0526. The van der Waals surface area contributed by atoms with E-state index in [4.69, 9.17) is 9.47 Å². The summed E-state index contributed by atoms with van der Waals surface area (Å²) in [6.45, 7) is 6.13. The second kappa shape index (κ2) is 8.32. The summed E-state index contributed by atoms with van der Waals surface area (Å²) in [5.41, 5.74) is 1.67. The first-order valence-electron chi connectivity index (χ1n) is 8.02. The van der Waals surface area contributed by atoms with Gasteiger partial charge >= 0.3 is 5.97 Å². The van der Waals surface area contributed by atoms with Crippen molar-refractivity contribution in [2.75, 3.05) is 30.9 Å². The van der Waals surface area contributed by atoms with E-state index in [1.165, 1.54) is 0 Å². The average Bonchev–Trinajstić information content (AvgIpc) is 2.57. The highest BCUT2D eigenvalue weighted by molar-refractivity contribution is 5.96. The summed E-state index contributed by atoms with van der Waals surface area (Å²) in [6, 6.07) is 6.63. The first-order valence-corrected chi connectivity index (χ1v) is 8.02. The summed E-state index contributed by atoms with van der Waals surface area (Å²) in [5, 5.41) is 5.89. The molecule has 0 aliphatic carbocycles. The van der Waals surface area contributed by atoms with Gasteiger partial charge in [-0.15, -0.1) is 0 Å². The van der Waals surface area contributed by atoms with E-state index in [1.54, 1.807) is 20.1 Å². The number of benzene rings is 1. The van der Waals surface area contributed by atoms with Crippen LogP contribution in [0.2, 0.25) is 0 Å². The van der Waals surface area contributed by atoms with Crippen LogP contribution in [0.5, 0.6) is 5.75 Å². The van der Waals surface area contributed by atoms with Crippen LogP contribution in [0, 0.1) is 12.7 Å². The Morgan fingerprint density at radius 3 is 2.60 bits per heavy atom. The van der Waals surface area contributed by atoms with Crippen LogP contribution in [0.25, 0.3) is 0 Å². The van der Waals surface area contributed by atoms with Crippen molar-refractivity contribution < 1.29 is 18.7 Å². The number of ether oxygens (including phenoxy) is 2. The van der Waals surface area contributed by atoms with Gasteiger partial charge in [0.15, 0.2) is 11.6 Å². The van der Waals surface area contributed by atoms with E-state index in [2.05, 4.69) is 15.6 Å². The molecule has 6 nitrogen and oxygen atoms in total. The molecule has 0 bridgehead atoms. The molecular formula is C18H22FN3O3. The lowest BCUT2D eigenvalue weighted by atomic mass is 10.2. The number of esters is 1. The fraction of sp³-hybridized carbons (Fsp3) is 0.333. The molecule has 2 aromatic rings. The van der Waals surface area contributed by atoms with E-state index in [1.807, 2.05) is 26.0 Å². The number of hydrogen-bond donors (Lipinski definition) is 2. The van der Waals surface area contributed by atoms with E-state index < -0.39 is 11.8 Å². The lowest BCUT2D eigenvalue weighted by Gasteiger charge is -2.14. The highest BCUT2D eigenvalue weighted by Gasteiger charge is 2.19. The fourth-order valence-electron chi connectivity index (χ4n) is 2.31. The third kappa shape index (κ3) is 4.59. The number of carbonyl (C=O) groups excluding carboxylic acids is 1. The number of hydrogen-bond acceptors (Lipinski definition) is 6. The van der Waals surface area contributed by atoms with Gasteiger partial charge in [0.25, 0.3) is 0 Å². The maximum atomic E-state index is 14.2. The molecule has 0 unspecified atom stereocenters. The summed E-state index contributed by atoms with van der Waals surface area (Å²) < 4.78 is 24.4. The molecule has 7 heteroatoms. The maximum absolute atomic E-state index is 14.2. The fourth-order valence-corrected chi connectivity index (χ4v) is 2.31. The molecule has 0 saturated carbocycles. The Balaban J connectivity index is 2.47. The molecule has 0 radical (unpaired) electrons. The second-order valence-corrected chi connectivity index (χ2v) is 5.33. The number of carbonyl (C=O) groups is 1. The van der Waals surface area contributed by atoms with Gasteiger partial charge in [-0.1, -0.05) is 0 Å². The monoisotopic (exact) mass is 347 g/mol. The van der Waals surface area contributed by atoms with E-state index in [0.29, 0.717) is 18.0 Å². The van der Waals surface area contributed by atoms with Crippen molar-refractivity contribution in [3.05, 3.63) is 41.2 Å². The Labute approximate surface area is 146 Å². The molecule has 0 spiro atoms. The van der Waals surface area contributed by atoms with Gasteiger partial charge in [0.1, 0.15) is 17.1 Å². The molecule has 0 atom stereocenters. The molecule has 25 heavy (non-hydrogen) atoms. The minimum atomic E-state index is -0.640. The number of halogens is 1. The van der Waals surface area contributed by atoms with Crippen LogP contribution in [0.15, 0.2) is 24.3 Å². The molecule has 0 amide bonds. The zero-order valence-corrected chi connectivity index (χ0v) is 14.8. The number of aryl methyl sites for hydroxylation is 1. The summed E-state index contributed by atoms with van der Waals surface area (Å²) >= 11 is 0. The molecule has 0 aliphatic rings. The van der Waals surface area contributed by atoms with Crippen LogP contribution in [-0.4, -0.2) is 31.2 Å². The van der Waals surface area contributed by atoms with Crippen LogP contribution in [-0.2, 0) is 4.74 Å². The minimum Gasteiger partial charge on any atom is -0.497 e. The average molecular weight is 347 g/mol. The maximum Gasteiger partial charge on any atom is 0.342 e. The molecular weight excluding hydrogens is 325 g/mol. The number of nitrogens with zero attached hydrogens (tertiary/aromatic N) is 1. The largest absolute Gasteiger partial charge is 0.497 e. The van der Waals surface area contributed by atoms with Crippen LogP contribution >= 0.6 is 0 Å². The predicted octanol–water partition coefficient (Wildman–Crippen LogP) is 3.89. The first-order chi connectivity index (χ1) is 12.0. The first kappa shape index (κ1) is 18.5. The third-order valence-electron chi connectivity index (χ3n) is 3.36. The molecule has 0 fully saturated rings. The van der Waals surface area contributed by atoms with Crippen LogP contribution in [0.3, 0.4) is 0 Å². The number of pyridine rings is 1. The molecule has 2 N–H and O–H groups in total. The molecule has 0 saturated heterocycles. The van der Waals surface area contributed by atoms with Crippen LogP contribution in [0.4, 0.5) is 21.7 Å². The number of aromatic nitrogens is 1. The molecule has 1 heterocycles. The summed E-state index contributed by atoms with van der Waals surface area (Å²) in [5.74, 6) is -0.313. The van der Waals surface area contributed by atoms with Gasteiger partial charge in [-0.05, 0) is 44.5 Å². The number of anilines is 3. The van der Waals surface area contributed by atoms with Crippen molar-refractivity contribution in [2.45, 2.75) is 20.8 Å². The molecule has 0 aliphatic heterocycles. The van der Waals surface area contributed by atoms with Crippen LogP contribution in [0.1, 0.15) is 29.8 Å². The van der Waals surface area contributed by atoms with Gasteiger partial charge in [-0.25, -0.2) is 14.2 Å².